The summed E-state index contributed by atoms with van der Waals surface area (Å²) >= 11 is 0. The molecule has 4 rings (SSSR count). The molecule has 0 bridgehead atoms. The van der Waals surface area contributed by atoms with Gasteiger partial charge in [-0.1, -0.05) is 37.1 Å². The molecule has 0 saturated heterocycles. The van der Waals surface area contributed by atoms with Gasteiger partial charge in [0.1, 0.15) is 11.7 Å². The molecule has 0 spiro atoms. The number of nitrogens with one attached hydrogen (secondary N) is 2. The van der Waals surface area contributed by atoms with Crippen molar-refractivity contribution in [1.82, 2.24) is 9.55 Å². The van der Waals surface area contributed by atoms with E-state index in [1.807, 2.05) is 41.9 Å². The van der Waals surface area contributed by atoms with Crippen LogP contribution in [0.25, 0.3) is 11.0 Å². The quantitative estimate of drug-likeness (QED) is 0.212. The predicted molar refractivity (Wildman–Crippen MR) is 136 cm³/mol. The molecule has 0 aliphatic heterocycles. The van der Waals surface area contributed by atoms with Crippen molar-refractivity contribution in [3.05, 3.63) is 59.4 Å². The molecular weight excluding hydrogens is 470 g/mol. The molecular formula is C25H30ClN5O4. The van der Waals surface area contributed by atoms with Crippen LogP contribution in [-0.2, 0) is 27.8 Å². The minimum Gasteiger partial charge on any atom is -0.479 e. The standard InChI is InChI=1S/C25H29N5O4.ClH/c1-30-20-12-11-18(28-23(31)25(34-2,24(32)33)17-5-3-4-6-17)14-19(20)29-21(30)13-15-7-9-16(10-8-15)22(26)27;/h7-12,14,17H,3-6,13H2,1-2H3,(H3,26,27)(H,28,31)(H,32,33);1H. The highest BCUT2D eigenvalue weighted by Gasteiger charge is 2.54. The fourth-order valence-corrected chi connectivity index (χ4v) is 4.83. The molecule has 35 heavy (non-hydrogen) atoms. The summed E-state index contributed by atoms with van der Waals surface area (Å²) in [6, 6.07) is 12.8. The number of carboxylic acids is 1. The van der Waals surface area contributed by atoms with Gasteiger partial charge in [0.2, 0.25) is 5.60 Å². The number of carboxylic acid groups (broad SMARTS) is 1. The molecule has 1 saturated carbocycles. The van der Waals surface area contributed by atoms with Gasteiger partial charge in [0.25, 0.3) is 5.91 Å². The van der Waals surface area contributed by atoms with Gasteiger partial charge in [0.05, 0.1) is 11.0 Å². The Kier molecular flexibility index (Phi) is 7.82. The van der Waals surface area contributed by atoms with Crippen LogP contribution in [0.4, 0.5) is 5.69 Å². The molecule has 1 heterocycles. The van der Waals surface area contributed by atoms with E-state index in [0.29, 0.717) is 36.0 Å². The van der Waals surface area contributed by atoms with E-state index >= 15 is 0 Å². The summed E-state index contributed by atoms with van der Waals surface area (Å²) in [5, 5.41) is 20.2. The van der Waals surface area contributed by atoms with Crippen molar-refractivity contribution >= 4 is 46.8 Å². The molecule has 2 aromatic carbocycles. The van der Waals surface area contributed by atoms with E-state index in [1.165, 1.54) is 7.11 Å². The van der Waals surface area contributed by atoms with E-state index in [0.717, 1.165) is 29.7 Å². The SMILES string of the molecule is COC(C(=O)O)(C(=O)Nc1ccc2c(c1)nc(Cc1ccc(C(=N)N)cc1)n2C)C1CCCC1.Cl. The minimum atomic E-state index is -1.91. The molecule has 186 valence electrons. The lowest BCUT2D eigenvalue weighted by Gasteiger charge is -2.32. The Morgan fingerprint density at radius 1 is 1.23 bits per heavy atom. The Balaban J connectivity index is 0.00000342. The first-order valence-corrected chi connectivity index (χ1v) is 11.2. The average molecular weight is 500 g/mol. The average Bonchev–Trinajstić information content (AvgIpc) is 3.44. The first-order chi connectivity index (χ1) is 16.3. The van der Waals surface area contributed by atoms with Crippen molar-refractivity contribution < 1.29 is 19.4 Å². The van der Waals surface area contributed by atoms with Crippen LogP contribution in [-0.4, -0.2) is 45.1 Å². The first-order valence-electron chi connectivity index (χ1n) is 11.2. The van der Waals surface area contributed by atoms with Gasteiger partial charge in [-0.3, -0.25) is 10.2 Å². The molecule has 9 nitrogen and oxygen atoms in total. The number of rotatable bonds is 8. The van der Waals surface area contributed by atoms with Crippen LogP contribution >= 0.6 is 12.4 Å². The molecule has 1 fully saturated rings. The Morgan fingerprint density at radius 2 is 1.89 bits per heavy atom. The normalized spacial score (nSPS) is 15.4. The minimum absolute atomic E-state index is 0. The van der Waals surface area contributed by atoms with E-state index in [1.54, 1.807) is 12.1 Å². The molecule has 1 atom stereocenters. The number of anilines is 1. The lowest BCUT2D eigenvalue weighted by Crippen LogP contribution is -2.56. The van der Waals surface area contributed by atoms with Gasteiger partial charge >= 0.3 is 5.97 Å². The maximum Gasteiger partial charge on any atom is 0.346 e. The number of aryl methyl sites for hydroxylation is 1. The molecule has 1 aliphatic carbocycles. The molecule has 0 radical (unpaired) electrons. The summed E-state index contributed by atoms with van der Waals surface area (Å²) in [6.07, 6.45) is 3.64. The Labute approximate surface area is 209 Å². The van der Waals surface area contributed by atoms with Gasteiger partial charge in [0, 0.05) is 37.7 Å². The number of aliphatic carboxylic acids is 1. The van der Waals surface area contributed by atoms with Gasteiger partial charge < -0.3 is 25.5 Å². The number of benzene rings is 2. The number of hydrogen-bond acceptors (Lipinski definition) is 5. The van der Waals surface area contributed by atoms with Crippen molar-refractivity contribution in [3.8, 4) is 0 Å². The second-order valence-corrected chi connectivity index (χ2v) is 8.76. The molecule has 1 aliphatic rings. The zero-order chi connectivity index (χ0) is 24.5. The van der Waals surface area contributed by atoms with Crippen LogP contribution in [0.3, 0.4) is 0 Å². The van der Waals surface area contributed by atoms with Crippen molar-refractivity contribution in [2.75, 3.05) is 12.4 Å². The topological polar surface area (TPSA) is 143 Å². The first kappa shape index (κ1) is 26.2. The maximum absolute atomic E-state index is 13.2. The Bertz CT molecular complexity index is 1250. The zero-order valence-corrected chi connectivity index (χ0v) is 20.5. The van der Waals surface area contributed by atoms with Crippen LogP contribution in [0, 0.1) is 11.3 Å². The smallest absolute Gasteiger partial charge is 0.346 e. The Morgan fingerprint density at radius 3 is 2.46 bits per heavy atom. The number of amides is 1. The highest BCUT2D eigenvalue weighted by atomic mass is 35.5. The van der Waals surface area contributed by atoms with Gasteiger partial charge in [-0.25, -0.2) is 9.78 Å². The second-order valence-electron chi connectivity index (χ2n) is 8.76. The molecule has 10 heteroatoms. The second kappa shape index (κ2) is 10.5. The third kappa shape index (κ3) is 4.87. The highest BCUT2D eigenvalue weighted by molar-refractivity contribution is 6.12. The number of nitrogen functional groups attached to an aromatic ring is 1. The largest absolute Gasteiger partial charge is 0.479 e. The van der Waals surface area contributed by atoms with Gasteiger partial charge in [0.15, 0.2) is 0 Å². The number of halogens is 1. The third-order valence-corrected chi connectivity index (χ3v) is 6.77. The third-order valence-electron chi connectivity index (χ3n) is 6.77. The summed E-state index contributed by atoms with van der Waals surface area (Å²) in [5.74, 6) is -1.45. The fraction of sp³-hybridized carbons (Fsp3) is 0.360. The van der Waals surface area contributed by atoms with Crippen LogP contribution in [0.15, 0.2) is 42.5 Å². The number of carbonyl (C=O) groups excluding carboxylic acids is 1. The van der Waals surface area contributed by atoms with E-state index in [2.05, 4.69) is 5.32 Å². The highest BCUT2D eigenvalue weighted by Crippen LogP contribution is 2.37. The van der Waals surface area contributed by atoms with Gasteiger partial charge in [-0.2, -0.15) is 0 Å². The molecule has 1 aromatic heterocycles. The molecule has 1 amide bonds. The lowest BCUT2D eigenvalue weighted by molar-refractivity contribution is -0.174. The number of nitrogens with zero attached hydrogens (tertiary/aromatic N) is 2. The van der Waals surface area contributed by atoms with Crippen LogP contribution in [0.1, 0.15) is 42.6 Å². The molecule has 3 aromatic rings. The fourth-order valence-electron chi connectivity index (χ4n) is 4.83. The van der Waals surface area contributed by atoms with E-state index in [4.69, 9.17) is 20.9 Å². The van der Waals surface area contributed by atoms with Crippen LogP contribution < -0.4 is 11.1 Å². The number of methoxy groups -OCH3 is 1. The number of hydrogen-bond donors (Lipinski definition) is 4. The summed E-state index contributed by atoms with van der Waals surface area (Å²) in [5.41, 5.74) is 7.35. The number of amidine groups is 1. The number of carbonyl (C=O) groups is 2. The van der Waals surface area contributed by atoms with Crippen molar-refractivity contribution in [3.63, 3.8) is 0 Å². The van der Waals surface area contributed by atoms with E-state index in [9.17, 15) is 14.7 Å². The summed E-state index contributed by atoms with van der Waals surface area (Å²) in [4.78, 5) is 30.0. The summed E-state index contributed by atoms with van der Waals surface area (Å²) in [6.45, 7) is 0. The number of ether oxygens (including phenoxy) is 1. The predicted octanol–water partition coefficient (Wildman–Crippen LogP) is 3.47. The molecule has 5 N–H and O–H groups in total. The monoisotopic (exact) mass is 499 g/mol. The van der Waals surface area contributed by atoms with Crippen LogP contribution in [0.5, 0.6) is 0 Å². The zero-order valence-electron chi connectivity index (χ0n) is 19.7. The van der Waals surface area contributed by atoms with Crippen molar-refractivity contribution in [2.24, 2.45) is 18.7 Å². The van der Waals surface area contributed by atoms with Crippen molar-refractivity contribution in [2.45, 2.75) is 37.7 Å². The van der Waals surface area contributed by atoms with E-state index < -0.39 is 17.5 Å². The van der Waals surface area contributed by atoms with Gasteiger partial charge in [-0.05, 0) is 36.6 Å². The van der Waals surface area contributed by atoms with Gasteiger partial charge in [-0.15, -0.1) is 12.4 Å². The number of nitrogens with two attached hydrogens (primary N) is 1. The van der Waals surface area contributed by atoms with Crippen molar-refractivity contribution in [1.29, 1.82) is 5.41 Å². The number of fused-ring (bicyclic) bond motifs is 1. The summed E-state index contributed by atoms with van der Waals surface area (Å²) in [7, 11) is 3.20. The maximum atomic E-state index is 13.2. The Hall–Kier alpha value is -3.43. The number of imidazole rings is 1. The van der Waals surface area contributed by atoms with E-state index in [-0.39, 0.29) is 24.2 Å². The number of aromatic nitrogens is 2. The summed E-state index contributed by atoms with van der Waals surface area (Å²) < 4.78 is 7.35. The lowest BCUT2D eigenvalue weighted by atomic mass is 9.84. The molecule has 1 unspecified atom stereocenters. The van der Waals surface area contributed by atoms with Crippen LogP contribution in [0.2, 0.25) is 0 Å².